The number of rotatable bonds is 13. The highest BCUT2D eigenvalue weighted by atomic mass is 19.4. The van der Waals surface area contributed by atoms with Crippen LogP contribution in [0.3, 0.4) is 0 Å². The summed E-state index contributed by atoms with van der Waals surface area (Å²) in [6, 6.07) is 1.86. The number of carbonyl (C=O) groups is 2. The largest absolute Gasteiger partial charge is 0.405 e. The van der Waals surface area contributed by atoms with Crippen molar-refractivity contribution in [2.45, 2.75) is 38.4 Å². The van der Waals surface area contributed by atoms with Crippen LogP contribution in [0.4, 0.5) is 35.0 Å². The molecular weight excluding hydrogens is 544 g/mol. The van der Waals surface area contributed by atoms with Crippen LogP contribution in [-0.4, -0.2) is 89.6 Å². The minimum atomic E-state index is -4.49. The third kappa shape index (κ3) is 12.2. The lowest BCUT2D eigenvalue weighted by Crippen LogP contribution is -2.47. The summed E-state index contributed by atoms with van der Waals surface area (Å²) in [5.41, 5.74) is 0.491. The SMILES string of the molecule is CC[C@@H](C(=O)NCCCC#Cc1cnc(Nc2ccc(F)nc2)nc1NCC(F)(F)F)N(C)C(=O)/C=C/CN(C)C. The maximum Gasteiger partial charge on any atom is 0.405 e. The van der Waals surface area contributed by atoms with E-state index in [1.807, 2.05) is 25.9 Å². The molecule has 0 aliphatic heterocycles. The van der Waals surface area contributed by atoms with E-state index in [1.54, 1.807) is 13.1 Å². The number of likely N-dealkylation sites (N-methyl/N-ethyl adjacent to an activating group) is 2. The molecule has 0 saturated heterocycles. The van der Waals surface area contributed by atoms with Crippen LogP contribution in [0.15, 0.2) is 36.7 Å². The summed E-state index contributed by atoms with van der Waals surface area (Å²) in [5.74, 6) is 4.20. The zero-order valence-electron chi connectivity index (χ0n) is 23.3. The number of nitrogens with one attached hydrogen (secondary N) is 3. The fourth-order valence-corrected chi connectivity index (χ4v) is 3.37. The summed E-state index contributed by atoms with van der Waals surface area (Å²) in [6.07, 6.45) is 2.38. The van der Waals surface area contributed by atoms with E-state index in [4.69, 9.17) is 0 Å². The van der Waals surface area contributed by atoms with Gasteiger partial charge in [0.2, 0.25) is 23.7 Å². The molecule has 41 heavy (non-hydrogen) atoms. The van der Waals surface area contributed by atoms with E-state index >= 15 is 0 Å². The lowest BCUT2D eigenvalue weighted by molar-refractivity contribution is -0.135. The van der Waals surface area contributed by atoms with Gasteiger partial charge in [-0.25, -0.2) is 9.97 Å². The molecule has 0 aromatic carbocycles. The van der Waals surface area contributed by atoms with E-state index in [2.05, 4.69) is 42.7 Å². The Morgan fingerprint density at radius 1 is 1.15 bits per heavy atom. The fourth-order valence-electron chi connectivity index (χ4n) is 3.37. The Balaban J connectivity index is 1.96. The second-order valence-corrected chi connectivity index (χ2v) is 9.15. The molecule has 0 radical (unpaired) electrons. The Bertz CT molecular complexity index is 1240. The Labute approximate surface area is 236 Å². The molecule has 14 heteroatoms. The van der Waals surface area contributed by atoms with E-state index in [-0.39, 0.29) is 29.1 Å². The van der Waals surface area contributed by atoms with E-state index < -0.39 is 24.7 Å². The lowest BCUT2D eigenvalue weighted by atomic mass is 10.1. The second kappa shape index (κ2) is 16.1. The molecule has 10 nitrogen and oxygen atoms in total. The van der Waals surface area contributed by atoms with Crippen molar-refractivity contribution in [3.8, 4) is 11.8 Å². The van der Waals surface area contributed by atoms with Crippen molar-refractivity contribution in [2.24, 2.45) is 0 Å². The van der Waals surface area contributed by atoms with E-state index in [0.29, 0.717) is 38.0 Å². The Morgan fingerprint density at radius 2 is 1.90 bits per heavy atom. The molecule has 2 rings (SSSR count). The molecule has 0 fully saturated rings. The molecule has 0 unspecified atom stereocenters. The first-order valence-corrected chi connectivity index (χ1v) is 12.8. The average molecular weight is 579 g/mol. The van der Waals surface area contributed by atoms with Crippen molar-refractivity contribution in [1.82, 2.24) is 30.1 Å². The molecule has 0 aliphatic carbocycles. The number of nitrogens with zero attached hydrogens (tertiary/aromatic N) is 5. The van der Waals surface area contributed by atoms with E-state index in [1.165, 1.54) is 29.4 Å². The summed E-state index contributed by atoms with van der Waals surface area (Å²) in [4.78, 5) is 39.9. The van der Waals surface area contributed by atoms with Crippen LogP contribution < -0.4 is 16.0 Å². The van der Waals surface area contributed by atoms with Gasteiger partial charge in [-0.05, 0) is 39.1 Å². The van der Waals surface area contributed by atoms with Gasteiger partial charge in [-0.2, -0.15) is 22.5 Å². The van der Waals surface area contributed by atoms with Gasteiger partial charge in [0.15, 0.2) is 0 Å². The predicted molar refractivity (Wildman–Crippen MR) is 148 cm³/mol. The first-order valence-electron chi connectivity index (χ1n) is 12.8. The molecule has 0 aliphatic rings. The molecule has 0 bridgehead atoms. The minimum Gasteiger partial charge on any atom is -0.360 e. The van der Waals surface area contributed by atoms with Crippen molar-refractivity contribution in [3.05, 3.63) is 48.2 Å². The molecule has 2 heterocycles. The Hall–Kier alpha value is -4.25. The normalized spacial score (nSPS) is 12.0. The Morgan fingerprint density at radius 3 is 2.54 bits per heavy atom. The van der Waals surface area contributed by atoms with Crippen LogP contribution in [0.25, 0.3) is 0 Å². The highest BCUT2D eigenvalue weighted by molar-refractivity contribution is 5.92. The van der Waals surface area contributed by atoms with Crippen LogP contribution in [0.5, 0.6) is 0 Å². The summed E-state index contributed by atoms with van der Waals surface area (Å²) in [5, 5.41) is 7.76. The van der Waals surface area contributed by atoms with Crippen molar-refractivity contribution < 1.29 is 27.2 Å². The third-order valence-electron chi connectivity index (χ3n) is 5.46. The zero-order chi connectivity index (χ0) is 30.4. The van der Waals surface area contributed by atoms with Gasteiger partial charge in [-0.3, -0.25) is 9.59 Å². The summed E-state index contributed by atoms with van der Waals surface area (Å²) in [7, 11) is 5.34. The number of halogens is 4. The summed E-state index contributed by atoms with van der Waals surface area (Å²) < 4.78 is 51.5. The molecule has 0 spiro atoms. The predicted octanol–water partition coefficient (Wildman–Crippen LogP) is 3.33. The number of amides is 2. The van der Waals surface area contributed by atoms with Crippen LogP contribution in [0, 0.1) is 17.8 Å². The van der Waals surface area contributed by atoms with Gasteiger partial charge in [0, 0.05) is 32.6 Å². The van der Waals surface area contributed by atoms with Crippen molar-refractivity contribution >= 4 is 29.3 Å². The first kappa shape index (κ1) is 33.0. The van der Waals surface area contributed by atoms with Crippen molar-refractivity contribution in [3.63, 3.8) is 0 Å². The van der Waals surface area contributed by atoms with Gasteiger partial charge in [0.05, 0.1) is 23.6 Å². The molecule has 2 aromatic rings. The van der Waals surface area contributed by atoms with Gasteiger partial charge in [0.25, 0.3) is 0 Å². The highest BCUT2D eigenvalue weighted by Crippen LogP contribution is 2.20. The maximum absolute atomic E-state index is 13.0. The van der Waals surface area contributed by atoms with Gasteiger partial charge >= 0.3 is 6.18 Å². The number of hydrogen-bond acceptors (Lipinski definition) is 8. The molecule has 2 amide bonds. The van der Waals surface area contributed by atoms with E-state index in [0.717, 1.165) is 6.07 Å². The highest BCUT2D eigenvalue weighted by Gasteiger charge is 2.27. The molecule has 0 saturated carbocycles. The summed E-state index contributed by atoms with van der Waals surface area (Å²) >= 11 is 0. The average Bonchev–Trinajstić information content (AvgIpc) is 2.91. The van der Waals surface area contributed by atoms with Crippen molar-refractivity contribution in [1.29, 1.82) is 0 Å². The maximum atomic E-state index is 13.0. The number of anilines is 3. The lowest BCUT2D eigenvalue weighted by Gasteiger charge is -2.25. The van der Waals surface area contributed by atoms with Crippen LogP contribution in [0.1, 0.15) is 31.7 Å². The molecule has 3 N–H and O–H groups in total. The van der Waals surface area contributed by atoms with Crippen molar-refractivity contribution in [2.75, 3.05) is 51.4 Å². The number of pyridine rings is 1. The molecule has 1 atom stereocenters. The topological polar surface area (TPSA) is 115 Å². The van der Waals surface area contributed by atoms with Crippen LogP contribution >= 0.6 is 0 Å². The molecule has 2 aromatic heterocycles. The number of carbonyl (C=O) groups excluding carboxylic acids is 2. The number of aromatic nitrogens is 3. The van der Waals surface area contributed by atoms with E-state index in [9.17, 15) is 27.2 Å². The molecular formula is C27H34F4N8O2. The molecule has 222 valence electrons. The van der Waals surface area contributed by atoms with Gasteiger partial charge in [0.1, 0.15) is 18.4 Å². The minimum absolute atomic E-state index is 0.0292. The second-order valence-electron chi connectivity index (χ2n) is 9.15. The third-order valence-corrected chi connectivity index (χ3v) is 5.46. The number of unbranched alkanes of at least 4 members (excludes halogenated alkanes) is 1. The van der Waals surface area contributed by atoms with Gasteiger partial charge in [-0.1, -0.05) is 24.8 Å². The standard InChI is InChI=1S/C27H34F4N8O2/c1-5-21(39(4)23(40)11-9-15-38(2)3)25(41)32-14-8-6-7-10-19-16-34-26(36-20-12-13-22(28)33-17-20)37-24(19)35-18-27(29,30)31/h9,11-13,16-17,21H,5-6,8,14-15,18H2,1-4H3,(H,32,41)(H2,34,35,36,37)/b11-9+/t21-/m0/s1. The van der Waals surface area contributed by atoms with Gasteiger partial charge < -0.3 is 25.8 Å². The van der Waals surface area contributed by atoms with Crippen LogP contribution in [-0.2, 0) is 9.59 Å². The van der Waals surface area contributed by atoms with Gasteiger partial charge in [-0.15, -0.1) is 0 Å². The fraction of sp³-hybridized carbons (Fsp3) is 0.444. The summed E-state index contributed by atoms with van der Waals surface area (Å²) in [6.45, 7) is 1.38. The van der Waals surface area contributed by atoms with Crippen LogP contribution in [0.2, 0.25) is 0 Å². The smallest absolute Gasteiger partial charge is 0.360 e. The quantitative estimate of drug-likeness (QED) is 0.109. The number of hydrogen-bond donors (Lipinski definition) is 3. The Kier molecular flexibility index (Phi) is 13.0. The first-order chi connectivity index (χ1) is 19.4. The zero-order valence-corrected chi connectivity index (χ0v) is 23.3. The number of alkyl halides is 3. The monoisotopic (exact) mass is 578 g/mol.